The smallest absolute Gasteiger partial charge is 0.311 e. The minimum atomic E-state index is -3.80. The minimum absolute atomic E-state index is 0.0367. The number of carboxylic acids is 1. The van der Waals surface area contributed by atoms with Crippen molar-refractivity contribution in [1.29, 1.82) is 0 Å². The van der Waals surface area contributed by atoms with Gasteiger partial charge in [0.15, 0.2) is 0 Å². The number of rotatable bonds is 4. The molecule has 0 radical (unpaired) electrons. The summed E-state index contributed by atoms with van der Waals surface area (Å²) in [6, 6.07) is 1.30. The number of hydrogen-bond donors (Lipinski definition) is 1. The van der Waals surface area contributed by atoms with E-state index in [1.165, 1.54) is 10.4 Å². The van der Waals surface area contributed by atoms with Crippen molar-refractivity contribution >= 4 is 50.5 Å². The quantitative estimate of drug-likeness (QED) is 0.898. The highest BCUT2D eigenvalue weighted by Crippen LogP contribution is 2.40. The second-order valence-corrected chi connectivity index (χ2v) is 8.91. The van der Waals surface area contributed by atoms with Crippen LogP contribution in [0.2, 0.25) is 8.67 Å². The Bertz CT molecular complexity index is 643. The van der Waals surface area contributed by atoms with Crippen LogP contribution in [0.25, 0.3) is 0 Å². The van der Waals surface area contributed by atoms with Crippen LogP contribution in [0.4, 0.5) is 0 Å². The number of aliphatic carboxylic acids is 1. The molecule has 0 aliphatic carbocycles. The van der Waals surface area contributed by atoms with Gasteiger partial charge < -0.3 is 5.11 Å². The fourth-order valence-electron chi connectivity index (χ4n) is 2.29. The summed E-state index contributed by atoms with van der Waals surface area (Å²) in [7, 11) is -3.80. The molecule has 0 saturated carbocycles. The van der Waals surface area contributed by atoms with Gasteiger partial charge in [0, 0.05) is 13.1 Å². The van der Waals surface area contributed by atoms with Crippen molar-refractivity contribution in [3.05, 3.63) is 14.7 Å². The monoisotopic (exact) mass is 357 g/mol. The predicted molar refractivity (Wildman–Crippen MR) is 78.1 cm³/mol. The molecule has 1 aliphatic heterocycles. The lowest BCUT2D eigenvalue weighted by atomic mass is 9.85. The van der Waals surface area contributed by atoms with Gasteiger partial charge in [0.25, 0.3) is 0 Å². The molecule has 20 heavy (non-hydrogen) atoms. The second-order valence-electron chi connectivity index (χ2n) is 4.72. The van der Waals surface area contributed by atoms with E-state index in [0.717, 1.165) is 11.3 Å². The van der Waals surface area contributed by atoms with Crippen LogP contribution < -0.4 is 0 Å². The highest BCUT2D eigenvalue weighted by molar-refractivity contribution is 7.89. The number of hydrogen-bond acceptors (Lipinski definition) is 4. The van der Waals surface area contributed by atoms with Crippen molar-refractivity contribution in [2.75, 3.05) is 13.1 Å². The van der Waals surface area contributed by atoms with Crippen molar-refractivity contribution < 1.29 is 18.3 Å². The van der Waals surface area contributed by atoms with E-state index in [1.54, 1.807) is 6.92 Å². The molecule has 1 aromatic rings. The zero-order chi connectivity index (χ0) is 15.1. The molecule has 5 nitrogen and oxygen atoms in total. The van der Waals surface area contributed by atoms with E-state index in [2.05, 4.69) is 0 Å². The van der Waals surface area contributed by atoms with E-state index in [9.17, 15) is 18.3 Å². The van der Waals surface area contributed by atoms with E-state index in [1.807, 2.05) is 0 Å². The van der Waals surface area contributed by atoms with Gasteiger partial charge in [-0.25, -0.2) is 8.42 Å². The molecule has 1 fully saturated rings. The molecule has 0 bridgehead atoms. The van der Waals surface area contributed by atoms with Gasteiger partial charge in [-0.05, 0) is 18.9 Å². The maximum atomic E-state index is 12.5. The Labute approximate surface area is 131 Å². The Morgan fingerprint density at radius 1 is 1.55 bits per heavy atom. The number of carboxylic acid groups (broad SMARTS) is 1. The first kappa shape index (κ1) is 16.0. The summed E-state index contributed by atoms with van der Waals surface area (Å²) < 4.78 is 26.5. The SMILES string of the molecule is CCC1(C(=O)O)CCN(S(=O)(=O)c2cc(Cl)sc2Cl)C1. The molecule has 1 atom stereocenters. The molecule has 1 aromatic heterocycles. The summed E-state index contributed by atoms with van der Waals surface area (Å²) >= 11 is 12.6. The molecular formula is C11H13Cl2NO4S2. The predicted octanol–water partition coefficient (Wildman–Crippen LogP) is 2.93. The lowest BCUT2D eigenvalue weighted by molar-refractivity contribution is -0.148. The van der Waals surface area contributed by atoms with E-state index in [4.69, 9.17) is 23.2 Å². The molecule has 1 saturated heterocycles. The van der Waals surface area contributed by atoms with Gasteiger partial charge in [-0.1, -0.05) is 30.1 Å². The molecule has 2 heterocycles. The van der Waals surface area contributed by atoms with Crippen molar-refractivity contribution in [2.24, 2.45) is 5.41 Å². The van der Waals surface area contributed by atoms with Gasteiger partial charge in [0.2, 0.25) is 10.0 Å². The van der Waals surface area contributed by atoms with E-state index in [0.29, 0.717) is 12.8 Å². The summed E-state index contributed by atoms with van der Waals surface area (Å²) in [6.45, 7) is 1.88. The van der Waals surface area contributed by atoms with E-state index >= 15 is 0 Å². The van der Waals surface area contributed by atoms with Crippen LogP contribution in [0.15, 0.2) is 11.0 Å². The molecule has 112 valence electrons. The lowest BCUT2D eigenvalue weighted by Crippen LogP contribution is -2.36. The van der Waals surface area contributed by atoms with Crippen molar-refractivity contribution in [3.8, 4) is 0 Å². The van der Waals surface area contributed by atoms with Gasteiger partial charge in [0.1, 0.15) is 9.23 Å². The highest BCUT2D eigenvalue weighted by atomic mass is 35.5. The number of nitrogens with zero attached hydrogens (tertiary/aromatic N) is 1. The Morgan fingerprint density at radius 2 is 2.20 bits per heavy atom. The number of halogens is 2. The van der Waals surface area contributed by atoms with Gasteiger partial charge in [-0.2, -0.15) is 4.31 Å². The lowest BCUT2D eigenvalue weighted by Gasteiger charge is -2.22. The normalized spacial score (nSPS) is 24.1. The first-order valence-corrected chi connectivity index (χ1v) is 8.92. The van der Waals surface area contributed by atoms with Gasteiger partial charge >= 0.3 is 5.97 Å². The molecule has 0 spiro atoms. The fraction of sp³-hybridized carbons (Fsp3) is 0.545. The van der Waals surface area contributed by atoms with Crippen molar-refractivity contribution in [3.63, 3.8) is 0 Å². The Morgan fingerprint density at radius 3 is 2.60 bits per heavy atom. The van der Waals surface area contributed by atoms with Gasteiger partial charge in [-0.15, -0.1) is 11.3 Å². The molecule has 1 unspecified atom stereocenters. The third-order valence-corrected chi connectivity index (χ3v) is 7.29. The average Bonchev–Trinajstić information content (AvgIpc) is 2.94. The highest BCUT2D eigenvalue weighted by Gasteiger charge is 2.47. The first-order chi connectivity index (χ1) is 9.23. The Balaban J connectivity index is 2.34. The molecule has 0 aromatic carbocycles. The maximum absolute atomic E-state index is 12.5. The van der Waals surface area contributed by atoms with Crippen LogP contribution in [-0.2, 0) is 14.8 Å². The standard InChI is InChI=1S/C11H13Cl2NO4S2/c1-2-11(10(15)16)3-4-14(6-11)20(17,18)7-5-8(12)19-9(7)13/h5H,2-4,6H2,1H3,(H,15,16). The number of thiophene rings is 1. The zero-order valence-electron chi connectivity index (χ0n) is 10.6. The molecule has 1 N–H and O–H groups in total. The summed E-state index contributed by atoms with van der Waals surface area (Å²) in [6.07, 6.45) is 0.681. The Hall–Kier alpha value is -0.340. The largest absolute Gasteiger partial charge is 0.481 e. The number of sulfonamides is 1. The van der Waals surface area contributed by atoms with Crippen molar-refractivity contribution in [1.82, 2.24) is 4.31 Å². The van der Waals surface area contributed by atoms with Crippen LogP contribution >= 0.6 is 34.5 Å². The third-order valence-electron chi connectivity index (χ3n) is 3.69. The van der Waals surface area contributed by atoms with Crippen LogP contribution in [0, 0.1) is 5.41 Å². The molecule has 0 amide bonds. The molecule has 1 aliphatic rings. The van der Waals surface area contributed by atoms with Crippen LogP contribution in [0.5, 0.6) is 0 Å². The van der Waals surface area contributed by atoms with E-state index in [-0.39, 0.29) is 26.7 Å². The summed E-state index contributed by atoms with van der Waals surface area (Å²) in [4.78, 5) is 11.3. The van der Waals surface area contributed by atoms with Crippen molar-refractivity contribution in [2.45, 2.75) is 24.7 Å². The summed E-state index contributed by atoms with van der Waals surface area (Å²) in [5, 5.41) is 9.31. The van der Waals surface area contributed by atoms with Crippen LogP contribution in [0.1, 0.15) is 19.8 Å². The van der Waals surface area contributed by atoms with Crippen LogP contribution in [-0.4, -0.2) is 36.9 Å². The molecule has 9 heteroatoms. The molecular weight excluding hydrogens is 345 g/mol. The summed E-state index contributed by atoms with van der Waals surface area (Å²) in [5.74, 6) is -0.966. The van der Waals surface area contributed by atoms with Gasteiger partial charge in [-0.3, -0.25) is 4.79 Å². The molecule has 2 rings (SSSR count). The minimum Gasteiger partial charge on any atom is -0.481 e. The first-order valence-electron chi connectivity index (χ1n) is 5.91. The topological polar surface area (TPSA) is 74.7 Å². The second kappa shape index (κ2) is 5.46. The van der Waals surface area contributed by atoms with E-state index < -0.39 is 21.4 Å². The summed E-state index contributed by atoms with van der Waals surface area (Å²) in [5.41, 5.74) is -1.01. The van der Waals surface area contributed by atoms with Crippen LogP contribution in [0.3, 0.4) is 0 Å². The Kier molecular flexibility index (Phi) is 4.37. The zero-order valence-corrected chi connectivity index (χ0v) is 13.7. The number of carbonyl (C=O) groups is 1. The third kappa shape index (κ3) is 2.57. The maximum Gasteiger partial charge on any atom is 0.311 e. The average molecular weight is 358 g/mol. The van der Waals surface area contributed by atoms with Gasteiger partial charge in [0.05, 0.1) is 9.75 Å². The fourth-order valence-corrected chi connectivity index (χ4v) is 5.93.